The summed E-state index contributed by atoms with van der Waals surface area (Å²) in [6, 6.07) is 7.40. The maximum absolute atomic E-state index is 13.9. The van der Waals surface area contributed by atoms with E-state index in [0.717, 1.165) is 37.6 Å². The number of amides is 2. The summed E-state index contributed by atoms with van der Waals surface area (Å²) in [4.78, 5) is 29.5. The lowest BCUT2D eigenvalue weighted by atomic mass is 9.72. The first-order valence-electron chi connectivity index (χ1n) is 15.9. The Morgan fingerprint density at radius 3 is 2.19 bits per heavy atom. The zero-order valence-electron chi connectivity index (χ0n) is 27.5. The minimum absolute atomic E-state index is 0.0246. The van der Waals surface area contributed by atoms with Gasteiger partial charge in [0.2, 0.25) is 11.8 Å². The number of nitrogens with one attached hydrogen (secondary N) is 3. The molecule has 1 saturated heterocycles. The van der Waals surface area contributed by atoms with E-state index in [1.54, 1.807) is 13.8 Å². The van der Waals surface area contributed by atoms with E-state index in [1.165, 1.54) is 12.8 Å². The van der Waals surface area contributed by atoms with Gasteiger partial charge in [0, 0.05) is 30.9 Å². The molecular formula is C33H56N4O5S. The molecule has 1 aromatic rings. The molecule has 43 heavy (non-hydrogen) atoms. The third-order valence-electron chi connectivity index (χ3n) is 9.23. The molecule has 1 heterocycles. The van der Waals surface area contributed by atoms with E-state index < -0.39 is 38.7 Å². The third kappa shape index (κ3) is 9.74. The van der Waals surface area contributed by atoms with Crippen molar-refractivity contribution in [3.8, 4) is 0 Å². The number of rotatable bonds is 12. The lowest BCUT2D eigenvalue weighted by molar-refractivity contribution is -0.133. The highest BCUT2D eigenvalue weighted by molar-refractivity contribution is 7.92. The average Bonchev–Trinajstić information content (AvgIpc) is 2.89. The molecular weight excluding hydrogens is 564 g/mol. The van der Waals surface area contributed by atoms with Crippen molar-refractivity contribution < 1.29 is 23.1 Å². The minimum Gasteiger partial charge on any atom is -0.390 e. The maximum atomic E-state index is 13.9. The van der Waals surface area contributed by atoms with E-state index in [-0.39, 0.29) is 30.1 Å². The summed E-state index contributed by atoms with van der Waals surface area (Å²) < 4.78 is 24.1. The van der Waals surface area contributed by atoms with Crippen LogP contribution in [0.15, 0.2) is 30.3 Å². The molecule has 1 aliphatic heterocycles. The molecule has 0 aromatic heterocycles. The van der Waals surface area contributed by atoms with Crippen molar-refractivity contribution in [1.29, 1.82) is 0 Å². The molecule has 2 aliphatic rings. The van der Waals surface area contributed by atoms with Crippen LogP contribution in [-0.2, 0) is 25.8 Å². The van der Waals surface area contributed by atoms with Crippen LogP contribution in [0, 0.1) is 11.8 Å². The van der Waals surface area contributed by atoms with Crippen molar-refractivity contribution in [3.63, 3.8) is 0 Å². The minimum atomic E-state index is -3.61. The topological polar surface area (TPSA) is 128 Å². The lowest BCUT2D eigenvalue weighted by Gasteiger charge is -2.47. The van der Waals surface area contributed by atoms with Gasteiger partial charge in [-0.15, -0.1) is 0 Å². The first-order valence-corrected chi connectivity index (χ1v) is 17.8. The second-order valence-electron chi connectivity index (χ2n) is 14.8. The first kappa shape index (κ1) is 35.5. The normalized spacial score (nSPS) is 24.1. The Morgan fingerprint density at radius 1 is 1.02 bits per heavy atom. The highest BCUT2D eigenvalue weighted by Gasteiger charge is 2.45. The second-order valence-corrected chi connectivity index (χ2v) is 17.3. The molecule has 2 fully saturated rings. The molecule has 10 heteroatoms. The molecule has 0 radical (unpaired) electrons. The summed E-state index contributed by atoms with van der Waals surface area (Å²) in [6.45, 7) is 13.7. The van der Waals surface area contributed by atoms with Crippen LogP contribution in [0.5, 0.6) is 0 Å². The standard InChI is InChI=1S/C33H56N4O5S/c1-22(2)34-29(33(6,7)43(8,41)42)31(40)35-26(18-23-14-10-9-11-15-23)28(38)21-37-20-25-17-13-12-16-24(25)19-27(37)30(39)36-32(3,4)5/h9-11,14-15,22,24-29,34,38H,12-13,16-21H2,1-8H3,(H,35,40)(H,36,39)/t24?,25?,26-,27-,28+,29+/m0/s1. The summed E-state index contributed by atoms with van der Waals surface area (Å²) in [7, 11) is -3.61. The summed E-state index contributed by atoms with van der Waals surface area (Å²) >= 11 is 0. The van der Waals surface area contributed by atoms with Gasteiger partial charge in [0.05, 0.1) is 22.9 Å². The van der Waals surface area contributed by atoms with E-state index in [1.807, 2.05) is 65.0 Å². The number of fused-ring (bicyclic) bond motifs is 1. The molecule has 9 nitrogen and oxygen atoms in total. The number of benzene rings is 1. The number of nitrogens with zero attached hydrogens (tertiary/aromatic N) is 1. The van der Waals surface area contributed by atoms with Crippen molar-refractivity contribution >= 4 is 21.7 Å². The number of piperidine rings is 1. The van der Waals surface area contributed by atoms with Gasteiger partial charge in [-0.3, -0.25) is 14.5 Å². The third-order valence-corrected chi connectivity index (χ3v) is 11.4. The molecule has 0 bridgehead atoms. The predicted molar refractivity (Wildman–Crippen MR) is 172 cm³/mol. The van der Waals surface area contributed by atoms with Crippen molar-refractivity contribution in [3.05, 3.63) is 35.9 Å². The summed E-state index contributed by atoms with van der Waals surface area (Å²) in [6.07, 6.45) is 5.91. The monoisotopic (exact) mass is 620 g/mol. The second kappa shape index (κ2) is 14.4. The van der Waals surface area contributed by atoms with E-state index in [2.05, 4.69) is 20.9 Å². The van der Waals surface area contributed by atoms with Crippen molar-refractivity contribution in [2.24, 2.45) is 11.8 Å². The van der Waals surface area contributed by atoms with Crippen LogP contribution < -0.4 is 16.0 Å². The Bertz CT molecular complexity index is 1180. The number of carbonyl (C=O) groups is 2. The number of β-amino-alcohol motifs (C(OH)–C–C–N with tert-alkyl or cyclic N) is 1. The van der Waals surface area contributed by atoms with Crippen LogP contribution in [0.3, 0.4) is 0 Å². The zero-order chi connectivity index (χ0) is 32.2. The summed E-state index contributed by atoms with van der Waals surface area (Å²) in [5.74, 6) is 0.483. The van der Waals surface area contributed by atoms with Crippen LogP contribution in [0.2, 0.25) is 0 Å². The molecule has 1 aliphatic carbocycles. The number of aliphatic hydroxyl groups is 1. The Kier molecular flexibility index (Phi) is 11.9. The molecule has 6 atom stereocenters. The van der Waals surface area contributed by atoms with Crippen LogP contribution in [0.1, 0.15) is 86.1 Å². The molecule has 0 spiro atoms. The lowest BCUT2D eigenvalue weighted by Crippen LogP contribution is -2.64. The van der Waals surface area contributed by atoms with Crippen molar-refractivity contribution in [2.75, 3.05) is 19.3 Å². The first-order chi connectivity index (χ1) is 19.9. The summed E-state index contributed by atoms with van der Waals surface area (Å²) in [5, 5.41) is 21.1. The van der Waals surface area contributed by atoms with E-state index >= 15 is 0 Å². The van der Waals surface area contributed by atoms with Gasteiger partial charge in [0.15, 0.2) is 9.84 Å². The van der Waals surface area contributed by atoms with Gasteiger partial charge in [-0.25, -0.2) is 8.42 Å². The van der Waals surface area contributed by atoms with E-state index in [9.17, 15) is 23.1 Å². The molecule has 2 unspecified atom stereocenters. The molecule has 4 N–H and O–H groups in total. The SMILES string of the molecule is CC(C)N[C@H](C(=O)N[C@@H](Cc1ccccc1)[C@H](O)CN1CC2CCCCC2C[C@H]1C(=O)NC(C)(C)C)C(C)(C)S(C)(=O)=O. The highest BCUT2D eigenvalue weighted by atomic mass is 32.2. The maximum Gasteiger partial charge on any atom is 0.239 e. The van der Waals surface area contributed by atoms with Crippen LogP contribution in [0.25, 0.3) is 0 Å². The Labute approximate surface area is 259 Å². The Morgan fingerprint density at radius 2 is 1.63 bits per heavy atom. The molecule has 1 aromatic carbocycles. The predicted octanol–water partition coefficient (Wildman–Crippen LogP) is 3.06. The number of hydrogen-bond donors (Lipinski definition) is 4. The molecule has 244 valence electrons. The van der Waals surface area contributed by atoms with Gasteiger partial charge in [-0.1, -0.05) is 63.4 Å². The number of carbonyl (C=O) groups excluding carboxylic acids is 2. The summed E-state index contributed by atoms with van der Waals surface area (Å²) in [5.41, 5.74) is 0.565. The van der Waals surface area contributed by atoms with E-state index in [4.69, 9.17) is 0 Å². The largest absolute Gasteiger partial charge is 0.390 e. The Hall–Kier alpha value is -2.01. The van der Waals surface area contributed by atoms with E-state index in [0.29, 0.717) is 18.3 Å². The fourth-order valence-electron chi connectivity index (χ4n) is 6.55. The van der Waals surface area contributed by atoms with Crippen molar-refractivity contribution in [1.82, 2.24) is 20.9 Å². The van der Waals surface area contributed by atoms with Gasteiger partial charge in [0.25, 0.3) is 0 Å². The molecule has 1 saturated carbocycles. The fourth-order valence-corrected chi connectivity index (χ4v) is 7.15. The number of aliphatic hydroxyl groups excluding tert-OH is 1. The molecule has 2 amide bonds. The average molecular weight is 621 g/mol. The quantitative estimate of drug-likeness (QED) is 0.283. The van der Waals surface area contributed by atoms with Gasteiger partial charge in [-0.05, 0) is 71.3 Å². The van der Waals surface area contributed by atoms with Crippen LogP contribution in [-0.4, -0.2) is 90.1 Å². The van der Waals surface area contributed by atoms with Crippen molar-refractivity contribution in [2.45, 2.75) is 128 Å². The van der Waals surface area contributed by atoms with Gasteiger partial charge >= 0.3 is 0 Å². The number of sulfone groups is 1. The number of hydrogen-bond acceptors (Lipinski definition) is 7. The van der Waals surface area contributed by atoms with Crippen LogP contribution in [0.4, 0.5) is 0 Å². The zero-order valence-corrected chi connectivity index (χ0v) is 28.3. The van der Waals surface area contributed by atoms with Gasteiger partial charge in [0.1, 0.15) is 6.04 Å². The highest BCUT2D eigenvalue weighted by Crippen LogP contribution is 2.39. The fraction of sp³-hybridized carbons (Fsp3) is 0.758. The Balaban J connectivity index is 1.90. The number of likely N-dealkylation sites (tertiary alicyclic amines) is 1. The van der Waals surface area contributed by atoms with Crippen LogP contribution >= 0.6 is 0 Å². The smallest absolute Gasteiger partial charge is 0.239 e. The van der Waals surface area contributed by atoms with Gasteiger partial charge in [-0.2, -0.15) is 0 Å². The van der Waals surface area contributed by atoms with Gasteiger partial charge < -0.3 is 21.1 Å². The molecule has 3 rings (SSSR count).